The molecular weight excluding hydrogens is 206 g/mol. The number of hydrogen-bond acceptors (Lipinski definition) is 5. The van der Waals surface area contributed by atoms with Crippen molar-refractivity contribution in [1.82, 2.24) is 15.5 Å². The highest BCUT2D eigenvalue weighted by molar-refractivity contribution is 5.06. The van der Waals surface area contributed by atoms with Crippen molar-refractivity contribution < 1.29 is 9.26 Å². The first-order valence-electron chi connectivity index (χ1n) is 5.99. The molecule has 3 unspecified atom stereocenters. The average Bonchev–Trinajstić information content (AvgIpc) is 3.01. The van der Waals surface area contributed by atoms with Gasteiger partial charge in [0.05, 0.1) is 18.1 Å². The van der Waals surface area contributed by atoms with Crippen molar-refractivity contribution in [3.8, 4) is 0 Å². The maximum Gasteiger partial charge on any atom is 0.227 e. The van der Waals surface area contributed by atoms with Gasteiger partial charge in [-0.2, -0.15) is 4.98 Å². The molecule has 88 valence electrons. The highest BCUT2D eigenvalue weighted by atomic mass is 16.5. The molecule has 2 aliphatic rings. The maximum absolute atomic E-state index is 5.80. The van der Waals surface area contributed by atoms with Gasteiger partial charge in [0.2, 0.25) is 5.89 Å². The van der Waals surface area contributed by atoms with Crippen LogP contribution in [0.5, 0.6) is 0 Å². The number of hydrogen-bond donors (Lipinski definition) is 1. The number of aromatic nitrogens is 2. The first-order chi connectivity index (χ1) is 7.86. The summed E-state index contributed by atoms with van der Waals surface area (Å²) in [6, 6.07) is 0. The second-order valence-corrected chi connectivity index (χ2v) is 4.62. The van der Waals surface area contributed by atoms with Crippen molar-refractivity contribution in [2.75, 3.05) is 13.6 Å². The van der Waals surface area contributed by atoms with Gasteiger partial charge in [-0.25, -0.2) is 0 Å². The number of likely N-dealkylation sites (N-methyl/N-ethyl adjacent to an activating group) is 1. The van der Waals surface area contributed by atoms with E-state index in [4.69, 9.17) is 9.26 Å². The zero-order chi connectivity index (χ0) is 11.0. The molecule has 0 saturated carbocycles. The van der Waals surface area contributed by atoms with Gasteiger partial charge >= 0.3 is 0 Å². The molecule has 3 atom stereocenters. The fourth-order valence-corrected chi connectivity index (χ4v) is 2.66. The molecule has 3 rings (SSSR count). The van der Waals surface area contributed by atoms with Gasteiger partial charge in [-0.05, 0) is 26.3 Å². The van der Waals surface area contributed by atoms with Crippen molar-refractivity contribution in [1.29, 1.82) is 0 Å². The molecule has 0 amide bonds. The van der Waals surface area contributed by atoms with Gasteiger partial charge in [0.15, 0.2) is 5.82 Å². The summed E-state index contributed by atoms with van der Waals surface area (Å²) in [6.45, 7) is 0.870. The van der Waals surface area contributed by atoms with Crippen molar-refractivity contribution in [3.63, 3.8) is 0 Å². The van der Waals surface area contributed by atoms with E-state index in [-0.39, 0.29) is 0 Å². The molecule has 2 saturated heterocycles. The van der Waals surface area contributed by atoms with E-state index in [0.29, 0.717) is 18.1 Å². The number of nitrogens with one attached hydrogen (secondary N) is 1. The second-order valence-electron chi connectivity index (χ2n) is 4.62. The van der Waals surface area contributed by atoms with Crippen LogP contribution >= 0.6 is 0 Å². The molecule has 2 bridgehead atoms. The van der Waals surface area contributed by atoms with E-state index in [2.05, 4.69) is 15.5 Å². The van der Waals surface area contributed by atoms with Gasteiger partial charge in [-0.1, -0.05) is 5.16 Å². The quantitative estimate of drug-likeness (QED) is 0.820. The van der Waals surface area contributed by atoms with E-state index < -0.39 is 0 Å². The summed E-state index contributed by atoms with van der Waals surface area (Å²) in [5.41, 5.74) is 0. The fourth-order valence-electron chi connectivity index (χ4n) is 2.66. The summed E-state index contributed by atoms with van der Waals surface area (Å²) in [6.07, 6.45) is 4.98. The Kier molecular flexibility index (Phi) is 2.65. The Balaban J connectivity index is 1.68. The van der Waals surface area contributed by atoms with Crippen molar-refractivity contribution in [3.05, 3.63) is 11.7 Å². The highest BCUT2D eigenvalue weighted by Gasteiger charge is 2.43. The average molecular weight is 223 g/mol. The first-order valence-corrected chi connectivity index (χ1v) is 5.99. The van der Waals surface area contributed by atoms with Crippen LogP contribution in [-0.4, -0.2) is 35.9 Å². The fraction of sp³-hybridized carbons (Fsp3) is 0.818. The van der Waals surface area contributed by atoms with Crippen LogP contribution in [0.4, 0.5) is 0 Å². The third-order valence-corrected chi connectivity index (χ3v) is 3.51. The Labute approximate surface area is 94.6 Å². The zero-order valence-electron chi connectivity index (χ0n) is 9.48. The minimum Gasteiger partial charge on any atom is -0.374 e. The molecule has 0 aromatic carbocycles. The molecule has 0 spiro atoms. The topological polar surface area (TPSA) is 60.2 Å². The van der Waals surface area contributed by atoms with E-state index in [1.165, 1.54) is 6.42 Å². The Morgan fingerprint density at radius 1 is 1.44 bits per heavy atom. The molecular formula is C11H17N3O2. The molecule has 1 N–H and O–H groups in total. The summed E-state index contributed by atoms with van der Waals surface area (Å²) >= 11 is 0. The third kappa shape index (κ3) is 1.74. The van der Waals surface area contributed by atoms with Gasteiger partial charge in [-0.15, -0.1) is 0 Å². The van der Waals surface area contributed by atoms with Crippen molar-refractivity contribution in [2.24, 2.45) is 0 Å². The van der Waals surface area contributed by atoms with Gasteiger partial charge in [0.25, 0.3) is 0 Å². The Hall–Kier alpha value is -0.940. The van der Waals surface area contributed by atoms with Crippen LogP contribution in [0.2, 0.25) is 0 Å². The number of ether oxygens (including phenoxy) is 1. The van der Waals surface area contributed by atoms with Gasteiger partial charge < -0.3 is 14.6 Å². The van der Waals surface area contributed by atoms with E-state index in [1.807, 2.05) is 7.05 Å². The van der Waals surface area contributed by atoms with E-state index in [1.54, 1.807) is 0 Å². The number of rotatable bonds is 4. The largest absolute Gasteiger partial charge is 0.374 e. The SMILES string of the molecule is CNCCc1nc(C2CC3CCC2O3)no1. The summed E-state index contributed by atoms with van der Waals surface area (Å²) in [5.74, 6) is 1.94. The van der Waals surface area contributed by atoms with Crippen LogP contribution < -0.4 is 5.32 Å². The monoisotopic (exact) mass is 223 g/mol. The van der Waals surface area contributed by atoms with E-state index >= 15 is 0 Å². The molecule has 1 aromatic rings. The van der Waals surface area contributed by atoms with Crippen LogP contribution in [0.1, 0.15) is 36.9 Å². The molecule has 1 aromatic heterocycles. The summed E-state index contributed by atoms with van der Waals surface area (Å²) in [7, 11) is 1.92. The standard InChI is InChI=1S/C11H17N3O2/c1-12-5-4-10-13-11(14-16-10)8-6-7-2-3-9(8)15-7/h7-9,12H,2-6H2,1H3. The van der Waals surface area contributed by atoms with Crippen LogP contribution in [0, 0.1) is 0 Å². The number of nitrogens with zero attached hydrogens (tertiary/aromatic N) is 2. The predicted molar refractivity (Wildman–Crippen MR) is 57.2 cm³/mol. The second kappa shape index (κ2) is 4.14. The van der Waals surface area contributed by atoms with Crippen molar-refractivity contribution in [2.45, 2.75) is 43.8 Å². The number of fused-ring (bicyclic) bond motifs is 2. The summed E-state index contributed by atoms with van der Waals surface area (Å²) in [5, 5.41) is 7.15. The molecule has 3 heterocycles. The first kappa shape index (κ1) is 10.2. The molecule has 5 heteroatoms. The smallest absolute Gasteiger partial charge is 0.227 e. The Morgan fingerprint density at radius 2 is 2.38 bits per heavy atom. The molecule has 2 fully saturated rings. The lowest BCUT2D eigenvalue weighted by molar-refractivity contribution is 0.0996. The van der Waals surface area contributed by atoms with Crippen LogP contribution in [-0.2, 0) is 11.2 Å². The van der Waals surface area contributed by atoms with Crippen molar-refractivity contribution >= 4 is 0 Å². The van der Waals surface area contributed by atoms with Crippen LogP contribution in [0.15, 0.2) is 4.52 Å². The minimum absolute atomic E-state index is 0.333. The molecule has 16 heavy (non-hydrogen) atoms. The molecule has 0 aliphatic carbocycles. The van der Waals surface area contributed by atoms with E-state index in [0.717, 1.165) is 37.5 Å². The van der Waals surface area contributed by atoms with Gasteiger partial charge in [0, 0.05) is 13.0 Å². The lowest BCUT2D eigenvalue weighted by Crippen LogP contribution is -2.16. The Morgan fingerprint density at radius 3 is 3.06 bits per heavy atom. The molecule has 5 nitrogen and oxygen atoms in total. The predicted octanol–water partition coefficient (Wildman–Crippen LogP) is 0.866. The molecule has 0 radical (unpaired) electrons. The normalized spacial score (nSPS) is 32.4. The zero-order valence-corrected chi connectivity index (χ0v) is 9.48. The van der Waals surface area contributed by atoms with Gasteiger partial charge in [-0.3, -0.25) is 0 Å². The van der Waals surface area contributed by atoms with Gasteiger partial charge in [0.1, 0.15) is 0 Å². The summed E-state index contributed by atoms with van der Waals surface area (Å²) < 4.78 is 11.0. The lowest BCUT2D eigenvalue weighted by Gasteiger charge is -2.13. The lowest BCUT2D eigenvalue weighted by atomic mass is 9.89. The third-order valence-electron chi connectivity index (χ3n) is 3.51. The van der Waals surface area contributed by atoms with E-state index in [9.17, 15) is 0 Å². The van der Waals surface area contributed by atoms with Crippen LogP contribution in [0.3, 0.4) is 0 Å². The molecule has 2 aliphatic heterocycles. The maximum atomic E-state index is 5.80. The highest BCUT2D eigenvalue weighted by Crippen LogP contribution is 2.43. The Bertz CT molecular complexity index is 366. The van der Waals surface area contributed by atoms with Crippen LogP contribution in [0.25, 0.3) is 0 Å². The minimum atomic E-state index is 0.333. The summed E-state index contributed by atoms with van der Waals surface area (Å²) in [4.78, 5) is 4.45.